The van der Waals surface area contributed by atoms with Gasteiger partial charge in [0.15, 0.2) is 0 Å². The first kappa shape index (κ1) is 14.2. The van der Waals surface area contributed by atoms with Crippen LogP contribution in [0, 0.1) is 0 Å². The lowest BCUT2D eigenvalue weighted by molar-refractivity contribution is 0.109. The van der Waals surface area contributed by atoms with Crippen LogP contribution in [0.4, 0.5) is 0 Å². The van der Waals surface area contributed by atoms with Crippen LogP contribution in [0.15, 0.2) is 30.3 Å². The number of hydrogen-bond acceptors (Lipinski definition) is 3. The average molecular weight is 236 g/mol. The summed E-state index contributed by atoms with van der Waals surface area (Å²) in [4.78, 5) is 0. The predicted octanol–water partition coefficient (Wildman–Crippen LogP) is 2.27. The largest absolute Gasteiger partial charge is 0.380 e. The van der Waals surface area contributed by atoms with Gasteiger partial charge in [-0.1, -0.05) is 37.3 Å². The molecule has 0 radical (unpaired) electrons. The summed E-state index contributed by atoms with van der Waals surface area (Å²) in [6.45, 7) is 3.64. The van der Waals surface area contributed by atoms with Gasteiger partial charge in [0.1, 0.15) is 0 Å². The van der Waals surface area contributed by atoms with E-state index in [1.54, 1.807) is 0 Å². The van der Waals surface area contributed by atoms with E-state index in [-0.39, 0.29) is 6.04 Å². The fraction of sp³-hybridized carbons (Fsp3) is 0.571. The number of nitrogens with two attached hydrogens (primary N) is 1. The standard InChI is InChI=1S/C14H24N2O/c1-2-11-17-12-14(16-15)10-6-9-13-7-4-3-5-8-13/h3-5,7-8,14,16H,2,6,9-12,15H2,1H3. The average Bonchev–Trinajstić information content (AvgIpc) is 2.38. The van der Waals surface area contributed by atoms with Gasteiger partial charge in [-0.05, 0) is 31.2 Å². The highest BCUT2D eigenvalue weighted by molar-refractivity contribution is 5.14. The normalized spacial score (nSPS) is 12.6. The smallest absolute Gasteiger partial charge is 0.0633 e. The molecule has 0 fully saturated rings. The van der Waals surface area contributed by atoms with Crippen LogP contribution in [0.2, 0.25) is 0 Å². The fourth-order valence-corrected chi connectivity index (χ4v) is 1.78. The Morgan fingerprint density at radius 1 is 1.29 bits per heavy atom. The maximum Gasteiger partial charge on any atom is 0.0633 e. The van der Waals surface area contributed by atoms with Gasteiger partial charge in [-0.2, -0.15) is 0 Å². The lowest BCUT2D eigenvalue weighted by Gasteiger charge is -2.15. The molecule has 0 aromatic heterocycles. The van der Waals surface area contributed by atoms with Gasteiger partial charge in [-0.3, -0.25) is 11.3 Å². The van der Waals surface area contributed by atoms with Gasteiger partial charge in [0, 0.05) is 12.6 Å². The monoisotopic (exact) mass is 236 g/mol. The van der Waals surface area contributed by atoms with Crippen molar-refractivity contribution in [3.8, 4) is 0 Å². The number of benzene rings is 1. The van der Waals surface area contributed by atoms with E-state index < -0.39 is 0 Å². The van der Waals surface area contributed by atoms with Crippen molar-refractivity contribution in [1.29, 1.82) is 0 Å². The number of ether oxygens (including phenoxy) is 1. The summed E-state index contributed by atoms with van der Waals surface area (Å²) in [5.41, 5.74) is 4.21. The molecule has 3 N–H and O–H groups in total. The Morgan fingerprint density at radius 2 is 2.06 bits per heavy atom. The molecule has 0 saturated carbocycles. The van der Waals surface area contributed by atoms with Crippen LogP contribution in [0.25, 0.3) is 0 Å². The highest BCUT2D eigenvalue weighted by Gasteiger charge is 2.06. The molecular weight excluding hydrogens is 212 g/mol. The Balaban J connectivity index is 2.15. The maximum atomic E-state index is 5.50. The van der Waals surface area contributed by atoms with E-state index in [4.69, 9.17) is 10.6 Å². The summed E-state index contributed by atoms with van der Waals surface area (Å²) in [5.74, 6) is 5.50. The molecule has 17 heavy (non-hydrogen) atoms. The van der Waals surface area contributed by atoms with E-state index in [9.17, 15) is 0 Å². The van der Waals surface area contributed by atoms with Gasteiger partial charge < -0.3 is 4.74 Å². The molecule has 0 saturated heterocycles. The van der Waals surface area contributed by atoms with Gasteiger partial charge in [-0.15, -0.1) is 0 Å². The van der Waals surface area contributed by atoms with Crippen molar-refractivity contribution in [3.63, 3.8) is 0 Å². The van der Waals surface area contributed by atoms with Crippen molar-refractivity contribution in [2.45, 2.75) is 38.6 Å². The fourth-order valence-electron chi connectivity index (χ4n) is 1.78. The number of hydrogen-bond donors (Lipinski definition) is 2. The number of hydrazine groups is 1. The minimum absolute atomic E-state index is 0.269. The predicted molar refractivity (Wildman–Crippen MR) is 71.6 cm³/mol. The molecular formula is C14H24N2O. The van der Waals surface area contributed by atoms with Gasteiger partial charge >= 0.3 is 0 Å². The van der Waals surface area contributed by atoms with Crippen molar-refractivity contribution >= 4 is 0 Å². The summed E-state index contributed by atoms with van der Waals surface area (Å²) < 4.78 is 5.50. The second kappa shape index (κ2) is 9.16. The Labute approximate surface area is 104 Å². The summed E-state index contributed by atoms with van der Waals surface area (Å²) in [6.07, 6.45) is 4.34. The quantitative estimate of drug-likeness (QED) is 0.393. The molecule has 3 nitrogen and oxygen atoms in total. The van der Waals surface area contributed by atoms with E-state index >= 15 is 0 Å². The zero-order valence-corrected chi connectivity index (χ0v) is 10.7. The lowest BCUT2D eigenvalue weighted by Crippen LogP contribution is -2.38. The first-order valence-corrected chi connectivity index (χ1v) is 6.44. The van der Waals surface area contributed by atoms with Crippen LogP contribution in [0.1, 0.15) is 31.7 Å². The first-order valence-electron chi connectivity index (χ1n) is 6.44. The third-order valence-corrected chi connectivity index (χ3v) is 2.76. The topological polar surface area (TPSA) is 47.3 Å². The Morgan fingerprint density at radius 3 is 2.71 bits per heavy atom. The van der Waals surface area contributed by atoms with Crippen LogP contribution >= 0.6 is 0 Å². The first-order chi connectivity index (χ1) is 8.36. The van der Waals surface area contributed by atoms with Gasteiger partial charge in [0.25, 0.3) is 0 Å². The molecule has 1 unspecified atom stereocenters. The minimum Gasteiger partial charge on any atom is -0.380 e. The molecule has 1 rings (SSSR count). The van der Waals surface area contributed by atoms with E-state index in [2.05, 4.69) is 36.6 Å². The minimum atomic E-state index is 0.269. The van der Waals surface area contributed by atoms with Crippen LogP contribution in [0.5, 0.6) is 0 Å². The van der Waals surface area contributed by atoms with Crippen LogP contribution in [-0.2, 0) is 11.2 Å². The second-order valence-corrected chi connectivity index (χ2v) is 4.32. The van der Waals surface area contributed by atoms with Crippen molar-refractivity contribution in [2.24, 2.45) is 5.84 Å². The lowest BCUT2D eigenvalue weighted by atomic mass is 10.1. The zero-order valence-electron chi connectivity index (χ0n) is 10.7. The van der Waals surface area contributed by atoms with E-state index in [1.807, 2.05) is 6.07 Å². The molecule has 1 atom stereocenters. The zero-order chi connectivity index (χ0) is 12.3. The third-order valence-electron chi connectivity index (χ3n) is 2.76. The van der Waals surface area contributed by atoms with E-state index in [1.165, 1.54) is 5.56 Å². The molecule has 96 valence electrons. The molecule has 0 aliphatic carbocycles. The molecule has 1 aromatic carbocycles. The van der Waals surface area contributed by atoms with Crippen LogP contribution < -0.4 is 11.3 Å². The van der Waals surface area contributed by atoms with Gasteiger partial charge in [0.2, 0.25) is 0 Å². The summed E-state index contributed by atoms with van der Waals surface area (Å²) in [6, 6.07) is 10.8. The Bertz CT molecular complexity index is 277. The number of aryl methyl sites for hydroxylation is 1. The van der Waals surface area contributed by atoms with Gasteiger partial charge in [0.05, 0.1) is 6.61 Å². The molecule has 0 heterocycles. The highest BCUT2D eigenvalue weighted by Crippen LogP contribution is 2.06. The number of rotatable bonds is 9. The molecule has 0 aliphatic heterocycles. The van der Waals surface area contributed by atoms with Crippen molar-refractivity contribution in [1.82, 2.24) is 5.43 Å². The molecule has 0 aliphatic rings. The Hall–Kier alpha value is -0.900. The second-order valence-electron chi connectivity index (χ2n) is 4.32. The van der Waals surface area contributed by atoms with E-state index in [0.29, 0.717) is 6.61 Å². The van der Waals surface area contributed by atoms with Crippen LogP contribution in [0.3, 0.4) is 0 Å². The Kier molecular flexibility index (Phi) is 7.63. The van der Waals surface area contributed by atoms with Crippen molar-refractivity contribution in [3.05, 3.63) is 35.9 Å². The van der Waals surface area contributed by atoms with Gasteiger partial charge in [-0.25, -0.2) is 0 Å². The molecule has 0 amide bonds. The molecule has 0 spiro atoms. The summed E-state index contributed by atoms with van der Waals surface area (Å²) in [5, 5.41) is 0. The summed E-state index contributed by atoms with van der Waals surface area (Å²) >= 11 is 0. The summed E-state index contributed by atoms with van der Waals surface area (Å²) in [7, 11) is 0. The number of nitrogens with one attached hydrogen (secondary N) is 1. The SMILES string of the molecule is CCCOCC(CCCc1ccccc1)NN. The maximum absolute atomic E-state index is 5.50. The van der Waals surface area contributed by atoms with E-state index in [0.717, 1.165) is 32.3 Å². The molecule has 3 heteroatoms. The third kappa shape index (κ3) is 6.41. The van der Waals surface area contributed by atoms with Crippen LogP contribution in [-0.4, -0.2) is 19.3 Å². The highest BCUT2D eigenvalue weighted by atomic mass is 16.5. The van der Waals surface area contributed by atoms with Crippen molar-refractivity contribution < 1.29 is 4.74 Å². The molecule has 0 bridgehead atoms. The van der Waals surface area contributed by atoms with Crippen molar-refractivity contribution in [2.75, 3.05) is 13.2 Å². The molecule has 1 aromatic rings.